The van der Waals surface area contributed by atoms with E-state index in [1.165, 1.54) is 96.8 Å². The van der Waals surface area contributed by atoms with Crippen LogP contribution in [0.15, 0.2) is 0 Å². The number of esters is 1. The van der Waals surface area contributed by atoms with E-state index in [2.05, 4.69) is 12.2 Å². The fourth-order valence-electron chi connectivity index (χ4n) is 3.33. The number of amides is 1. The van der Waals surface area contributed by atoms with E-state index >= 15 is 0 Å². The third-order valence-corrected chi connectivity index (χ3v) is 5.04. The predicted molar refractivity (Wildman–Crippen MR) is 114 cm³/mol. The molecule has 0 aromatic carbocycles. The van der Waals surface area contributed by atoms with Crippen molar-refractivity contribution in [3.63, 3.8) is 0 Å². The van der Waals surface area contributed by atoms with Crippen LogP contribution in [0.1, 0.15) is 124 Å². The zero-order valence-corrected chi connectivity index (χ0v) is 18.3. The van der Waals surface area contributed by atoms with Gasteiger partial charge in [-0.15, -0.1) is 0 Å². The lowest BCUT2D eigenvalue weighted by Gasteiger charge is -2.11. The Labute approximate surface area is 168 Å². The van der Waals surface area contributed by atoms with Crippen molar-refractivity contribution in [2.45, 2.75) is 130 Å². The fraction of sp³-hybridized carbons (Fsp3) is 0.913. The Morgan fingerprint density at radius 3 is 1.44 bits per heavy atom. The molecule has 0 aliphatic carbocycles. The van der Waals surface area contributed by atoms with Crippen LogP contribution >= 0.6 is 0 Å². The van der Waals surface area contributed by atoms with Gasteiger partial charge in [0.25, 0.3) is 5.91 Å². The number of unbranched alkanes of at least 4 members (excludes halogenated alkanes) is 15. The summed E-state index contributed by atoms with van der Waals surface area (Å²) in [5.41, 5.74) is 0. The molecule has 0 saturated heterocycles. The van der Waals surface area contributed by atoms with Crippen LogP contribution in [0.3, 0.4) is 0 Å². The summed E-state index contributed by atoms with van der Waals surface area (Å²) >= 11 is 0. The highest BCUT2D eigenvalue weighted by molar-refractivity contribution is 5.82. The van der Waals surface area contributed by atoms with E-state index < -0.39 is 12.1 Å². The lowest BCUT2D eigenvalue weighted by atomic mass is 10.0. The second-order valence-electron chi connectivity index (χ2n) is 7.85. The van der Waals surface area contributed by atoms with Gasteiger partial charge in [0.2, 0.25) is 0 Å². The SMILES string of the molecule is CCCCCCCCCCCCCCCCCCNC(=O)C(C)OC(C)=O. The second kappa shape index (κ2) is 19.7. The van der Waals surface area contributed by atoms with Crippen molar-refractivity contribution in [1.29, 1.82) is 0 Å². The number of hydrogen-bond donors (Lipinski definition) is 1. The first-order valence-electron chi connectivity index (χ1n) is 11.5. The van der Waals surface area contributed by atoms with Gasteiger partial charge in [-0.3, -0.25) is 9.59 Å². The van der Waals surface area contributed by atoms with Gasteiger partial charge >= 0.3 is 5.97 Å². The Balaban J connectivity index is 3.19. The van der Waals surface area contributed by atoms with E-state index in [0.717, 1.165) is 12.8 Å². The van der Waals surface area contributed by atoms with Crippen LogP contribution in [0.25, 0.3) is 0 Å². The first kappa shape index (κ1) is 25.9. The summed E-state index contributed by atoms with van der Waals surface area (Å²) in [7, 11) is 0. The monoisotopic (exact) mass is 383 g/mol. The van der Waals surface area contributed by atoms with Crippen LogP contribution in [-0.2, 0) is 14.3 Å². The number of nitrogens with one attached hydrogen (secondary N) is 1. The van der Waals surface area contributed by atoms with E-state index in [0.29, 0.717) is 6.54 Å². The van der Waals surface area contributed by atoms with Crippen LogP contribution in [0.4, 0.5) is 0 Å². The van der Waals surface area contributed by atoms with Crippen LogP contribution in [0.5, 0.6) is 0 Å². The standard InChI is InChI=1S/C23H45NO3/c1-4-5-6-7-8-9-10-11-12-13-14-15-16-17-18-19-20-24-23(26)21(2)27-22(3)25/h21H,4-20H2,1-3H3,(H,24,26). The highest BCUT2D eigenvalue weighted by Crippen LogP contribution is 2.13. The zero-order valence-electron chi connectivity index (χ0n) is 18.3. The highest BCUT2D eigenvalue weighted by Gasteiger charge is 2.14. The first-order valence-corrected chi connectivity index (χ1v) is 11.5. The molecule has 1 unspecified atom stereocenters. The van der Waals surface area contributed by atoms with E-state index in [1.807, 2.05) is 0 Å². The van der Waals surface area contributed by atoms with E-state index in [-0.39, 0.29) is 5.91 Å². The van der Waals surface area contributed by atoms with Crippen molar-refractivity contribution >= 4 is 11.9 Å². The summed E-state index contributed by atoms with van der Waals surface area (Å²) in [5.74, 6) is -0.619. The van der Waals surface area contributed by atoms with Gasteiger partial charge in [0.1, 0.15) is 0 Å². The highest BCUT2D eigenvalue weighted by atomic mass is 16.5. The van der Waals surface area contributed by atoms with Crippen molar-refractivity contribution in [3.05, 3.63) is 0 Å². The average molecular weight is 384 g/mol. The van der Waals surface area contributed by atoms with Crippen molar-refractivity contribution < 1.29 is 14.3 Å². The minimum atomic E-state index is -0.691. The van der Waals surface area contributed by atoms with Crippen LogP contribution < -0.4 is 5.32 Å². The predicted octanol–water partition coefficient (Wildman–Crippen LogP) is 6.32. The molecule has 4 nitrogen and oxygen atoms in total. The summed E-state index contributed by atoms with van der Waals surface area (Å²) < 4.78 is 4.84. The molecule has 1 atom stereocenters. The minimum Gasteiger partial charge on any atom is -0.453 e. The number of ether oxygens (including phenoxy) is 1. The molecule has 0 bridgehead atoms. The molecule has 0 fully saturated rings. The van der Waals surface area contributed by atoms with Gasteiger partial charge in [0.15, 0.2) is 6.10 Å². The Morgan fingerprint density at radius 2 is 1.07 bits per heavy atom. The Kier molecular flexibility index (Phi) is 18.9. The molecule has 0 aliphatic heterocycles. The van der Waals surface area contributed by atoms with Gasteiger partial charge in [-0.1, -0.05) is 103 Å². The van der Waals surface area contributed by atoms with Gasteiger partial charge in [0.05, 0.1) is 0 Å². The van der Waals surface area contributed by atoms with Gasteiger partial charge in [-0.25, -0.2) is 0 Å². The molecule has 0 spiro atoms. The summed E-state index contributed by atoms with van der Waals surface area (Å²) in [6.07, 6.45) is 20.8. The molecule has 1 amide bonds. The summed E-state index contributed by atoms with van der Waals surface area (Å²) in [6.45, 7) is 5.86. The molecule has 0 saturated carbocycles. The summed E-state index contributed by atoms with van der Waals surface area (Å²) in [5, 5.41) is 2.82. The summed E-state index contributed by atoms with van der Waals surface area (Å²) in [4.78, 5) is 22.4. The maximum atomic E-state index is 11.7. The Hall–Kier alpha value is -1.06. The molecule has 27 heavy (non-hydrogen) atoms. The molecular formula is C23H45NO3. The molecule has 0 aromatic rings. The third kappa shape index (κ3) is 19.5. The molecule has 1 N–H and O–H groups in total. The lowest BCUT2D eigenvalue weighted by molar-refractivity contribution is -0.152. The van der Waals surface area contributed by atoms with E-state index in [1.54, 1.807) is 6.92 Å². The first-order chi connectivity index (χ1) is 13.1. The second-order valence-corrected chi connectivity index (χ2v) is 7.85. The van der Waals surface area contributed by atoms with Gasteiger partial charge in [0, 0.05) is 13.5 Å². The van der Waals surface area contributed by atoms with Crippen LogP contribution in [-0.4, -0.2) is 24.5 Å². The zero-order chi connectivity index (χ0) is 20.2. The normalized spacial score (nSPS) is 12.0. The van der Waals surface area contributed by atoms with Crippen molar-refractivity contribution in [2.75, 3.05) is 6.54 Å². The molecule has 0 rings (SSSR count). The van der Waals surface area contributed by atoms with Crippen LogP contribution in [0.2, 0.25) is 0 Å². The van der Waals surface area contributed by atoms with Crippen molar-refractivity contribution in [2.24, 2.45) is 0 Å². The average Bonchev–Trinajstić information content (AvgIpc) is 2.63. The molecule has 4 heteroatoms. The topological polar surface area (TPSA) is 55.4 Å². The maximum Gasteiger partial charge on any atom is 0.303 e. The fourth-order valence-corrected chi connectivity index (χ4v) is 3.33. The van der Waals surface area contributed by atoms with Gasteiger partial charge < -0.3 is 10.1 Å². The number of carbonyl (C=O) groups is 2. The maximum absolute atomic E-state index is 11.7. The van der Waals surface area contributed by atoms with Gasteiger partial charge in [-0.2, -0.15) is 0 Å². The van der Waals surface area contributed by atoms with Crippen molar-refractivity contribution in [3.8, 4) is 0 Å². The summed E-state index contributed by atoms with van der Waals surface area (Å²) in [6, 6.07) is 0. The Morgan fingerprint density at radius 1 is 0.704 bits per heavy atom. The Bertz CT molecular complexity index is 358. The van der Waals surface area contributed by atoms with Gasteiger partial charge in [-0.05, 0) is 13.3 Å². The largest absolute Gasteiger partial charge is 0.453 e. The van der Waals surface area contributed by atoms with E-state index in [9.17, 15) is 9.59 Å². The van der Waals surface area contributed by atoms with Crippen molar-refractivity contribution in [1.82, 2.24) is 5.32 Å². The minimum absolute atomic E-state index is 0.203. The number of carbonyl (C=O) groups excluding carboxylic acids is 2. The molecule has 0 aromatic heterocycles. The quantitative estimate of drug-likeness (QED) is 0.210. The molecule has 160 valence electrons. The van der Waals surface area contributed by atoms with Crippen LogP contribution in [0, 0.1) is 0 Å². The molecule has 0 heterocycles. The lowest BCUT2D eigenvalue weighted by Crippen LogP contribution is -2.35. The molecular weight excluding hydrogens is 338 g/mol. The third-order valence-electron chi connectivity index (χ3n) is 5.04. The number of hydrogen-bond acceptors (Lipinski definition) is 3. The number of rotatable bonds is 19. The molecule has 0 aliphatic rings. The smallest absolute Gasteiger partial charge is 0.303 e. The van der Waals surface area contributed by atoms with E-state index in [4.69, 9.17) is 4.74 Å². The molecule has 0 radical (unpaired) electrons.